The van der Waals surface area contributed by atoms with Gasteiger partial charge in [0.1, 0.15) is 11.6 Å². The molecule has 1 atom stereocenters. The number of aliphatic hydroxyl groups is 1. The fraction of sp³-hybridized carbons (Fsp3) is 0.238. The minimum Gasteiger partial charge on any atom is -0.503 e. The molecule has 1 heterocycles. The monoisotopic (exact) mass is 369 g/mol. The molecule has 1 aliphatic heterocycles. The highest BCUT2D eigenvalue weighted by Crippen LogP contribution is 2.43. The largest absolute Gasteiger partial charge is 0.503 e. The smallest absolute Gasteiger partial charge is 0.294 e. The maximum Gasteiger partial charge on any atom is 0.294 e. The molecule has 0 fully saturated rings. The molecule has 2 aromatic rings. The van der Waals surface area contributed by atoms with Gasteiger partial charge in [0.25, 0.3) is 5.91 Å². The van der Waals surface area contributed by atoms with Crippen LogP contribution in [-0.4, -0.2) is 23.9 Å². The number of nitrogens with zero attached hydrogens (tertiary/aromatic N) is 1. The Balaban J connectivity index is 2.22. The van der Waals surface area contributed by atoms with Gasteiger partial charge in [-0.3, -0.25) is 14.5 Å². The number of amides is 1. The van der Waals surface area contributed by atoms with E-state index in [4.69, 9.17) is 4.74 Å². The summed E-state index contributed by atoms with van der Waals surface area (Å²) >= 11 is 0. The van der Waals surface area contributed by atoms with Crippen LogP contribution in [0.5, 0.6) is 5.75 Å². The number of ether oxygens (including phenoxy) is 1. The average molecular weight is 369 g/mol. The van der Waals surface area contributed by atoms with Gasteiger partial charge < -0.3 is 9.84 Å². The fourth-order valence-corrected chi connectivity index (χ4v) is 3.19. The minimum atomic E-state index is -1.05. The molecule has 0 saturated heterocycles. The highest BCUT2D eigenvalue weighted by atomic mass is 19.1. The lowest BCUT2D eigenvalue weighted by Gasteiger charge is -2.27. The van der Waals surface area contributed by atoms with Crippen molar-refractivity contribution in [2.45, 2.75) is 19.9 Å². The van der Waals surface area contributed by atoms with E-state index in [2.05, 4.69) is 0 Å². The van der Waals surface area contributed by atoms with Crippen molar-refractivity contribution in [1.82, 2.24) is 0 Å². The number of rotatable bonds is 5. The molecule has 0 bridgehead atoms. The number of methoxy groups -OCH3 is 1. The first-order valence-electron chi connectivity index (χ1n) is 8.56. The van der Waals surface area contributed by atoms with Crippen LogP contribution in [0.3, 0.4) is 0 Å². The lowest BCUT2D eigenvalue weighted by molar-refractivity contribution is -0.119. The van der Waals surface area contributed by atoms with Crippen molar-refractivity contribution in [2.75, 3.05) is 12.0 Å². The molecule has 27 heavy (non-hydrogen) atoms. The molecule has 0 spiro atoms. The zero-order valence-corrected chi connectivity index (χ0v) is 15.3. The van der Waals surface area contributed by atoms with Crippen LogP contribution in [0, 0.1) is 11.7 Å². The molecule has 6 heteroatoms. The Morgan fingerprint density at radius 1 is 1.19 bits per heavy atom. The van der Waals surface area contributed by atoms with Gasteiger partial charge in [-0.05, 0) is 18.2 Å². The number of hydrogen-bond donors (Lipinski definition) is 1. The predicted molar refractivity (Wildman–Crippen MR) is 99.1 cm³/mol. The third-order valence-corrected chi connectivity index (χ3v) is 4.53. The second-order valence-electron chi connectivity index (χ2n) is 6.58. The van der Waals surface area contributed by atoms with Gasteiger partial charge >= 0.3 is 0 Å². The molecule has 1 amide bonds. The predicted octanol–water partition coefficient (Wildman–Crippen LogP) is 3.96. The molecule has 1 aliphatic rings. The molecule has 2 aromatic carbocycles. The molecule has 140 valence electrons. The van der Waals surface area contributed by atoms with Gasteiger partial charge in [0.2, 0.25) is 0 Å². The van der Waals surface area contributed by atoms with Gasteiger partial charge in [-0.15, -0.1) is 0 Å². The van der Waals surface area contributed by atoms with Gasteiger partial charge in [0.15, 0.2) is 11.5 Å². The molecule has 3 rings (SSSR count). The Morgan fingerprint density at radius 2 is 1.89 bits per heavy atom. The van der Waals surface area contributed by atoms with Crippen molar-refractivity contribution >= 4 is 17.4 Å². The number of benzene rings is 2. The lowest BCUT2D eigenvalue weighted by atomic mass is 9.91. The number of halogens is 1. The average Bonchev–Trinajstić information content (AvgIpc) is 2.92. The summed E-state index contributed by atoms with van der Waals surface area (Å²) in [4.78, 5) is 26.8. The Hall–Kier alpha value is -3.15. The van der Waals surface area contributed by atoms with Gasteiger partial charge in [0, 0.05) is 23.2 Å². The number of hydrogen-bond acceptors (Lipinski definition) is 4. The van der Waals surface area contributed by atoms with E-state index in [9.17, 15) is 19.1 Å². The summed E-state index contributed by atoms with van der Waals surface area (Å²) in [5.74, 6) is -2.33. The quantitative estimate of drug-likeness (QED) is 0.866. The van der Waals surface area contributed by atoms with E-state index in [1.54, 1.807) is 44.2 Å². The highest BCUT2D eigenvalue weighted by molar-refractivity contribution is 6.16. The van der Waals surface area contributed by atoms with Crippen molar-refractivity contribution in [3.8, 4) is 5.75 Å². The van der Waals surface area contributed by atoms with Crippen LogP contribution < -0.4 is 9.64 Å². The van der Waals surface area contributed by atoms with E-state index < -0.39 is 35.2 Å². The Morgan fingerprint density at radius 3 is 2.52 bits per heavy atom. The maximum atomic E-state index is 14.6. The number of carbonyl (C=O) groups excluding carboxylic acids is 2. The van der Waals surface area contributed by atoms with Gasteiger partial charge in [0.05, 0.1) is 18.7 Å². The topological polar surface area (TPSA) is 66.8 Å². The van der Waals surface area contributed by atoms with E-state index in [0.29, 0.717) is 11.4 Å². The van der Waals surface area contributed by atoms with Crippen LogP contribution in [0.15, 0.2) is 59.9 Å². The fourth-order valence-electron chi connectivity index (χ4n) is 3.19. The summed E-state index contributed by atoms with van der Waals surface area (Å²) in [5, 5.41) is 10.5. The van der Waals surface area contributed by atoms with Gasteiger partial charge in [-0.2, -0.15) is 0 Å². The first kappa shape index (κ1) is 18.6. The second-order valence-corrected chi connectivity index (χ2v) is 6.58. The lowest BCUT2D eigenvalue weighted by Crippen LogP contribution is -2.32. The molecule has 0 aromatic heterocycles. The third-order valence-electron chi connectivity index (χ3n) is 4.53. The van der Waals surface area contributed by atoms with E-state index in [-0.39, 0.29) is 11.1 Å². The summed E-state index contributed by atoms with van der Waals surface area (Å²) in [6.07, 6.45) is 0. The van der Waals surface area contributed by atoms with Crippen molar-refractivity contribution in [2.24, 2.45) is 5.92 Å². The number of aliphatic hydroxyl groups excluding tert-OH is 1. The SMILES string of the molecule is COc1cccc(N2C(=O)C(O)=C(C(=O)C(C)C)C2c2ccccc2F)c1. The van der Waals surface area contributed by atoms with E-state index in [1.165, 1.54) is 30.2 Å². The van der Waals surface area contributed by atoms with Crippen molar-refractivity contribution < 1.29 is 23.8 Å². The van der Waals surface area contributed by atoms with E-state index in [0.717, 1.165) is 0 Å². The minimum absolute atomic E-state index is 0.0945. The molecular weight excluding hydrogens is 349 g/mol. The van der Waals surface area contributed by atoms with Gasteiger partial charge in [-0.1, -0.05) is 38.1 Å². The zero-order valence-electron chi connectivity index (χ0n) is 15.3. The molecule has 1 unspecified atom stereocenters. The molecule has 0 radical (unpaired) electrons. The Bertz CT molecular complexity index is 935. The third kappa shape index (κ3) is 3.18. The molecule has 1 N–H and O–H groups in total. The number of carbonyl (C=O) groups is 2. The second kappa shape index (κ2) is 7.23. The first-order chi connectivity index (χ1) is 12.9. The summed E-state index contributed by atoms with van der Waals surface area (Å²) in [7, 11) is 1.49. The van der Waals surface area contributed by atoms with E-state index >= 15 is 0 Å². The summed E-state index contributed by atoms with van der Waals surface area (Å²) < 4.78 is 19.8. The number of anilines is 1. The van der Waals surface area contributed by atoms with E-state index in [1.807, 2.05) is 0 Å². The van der Waals surface area contributed by atoms with Crippen molar-refractivity contribution in [1.29, 1.82) is 0 Å². The van der Waals surface area contributed by atoms with Gasteiger partial charge in [-0.25, -0.2) is 4.39 Å². The van der Waals surface area contributed by atoms with Crippen LogP contribution in [0.2, 0.25) is 0 Å². The van der Waals surface area contributed by atoms with Crippen molar-refractivity contribution in [3.63, 3.8) is 0 Å². The number of Topliss-reactive ketones (excluding diaryl/α,β-unsaturated/α-hetero) is 1. The molecular formula is C21H20FNO4. The molecule has 0 saturated carbocycles. The van der Waals surface area contributed by atoms with Crippen LogP contribution in [-0.2, 0) is 9.59 Å². The van der Waals surface area contributed by atoms with Crippen molar-refractivity contribution in [3.05, 3.63) is 71.2 Å². The Labute approximate surface area is 156 Å². The first-order valence-corrected chi connectivity index (χ1v) is 8.56. The van der Waals surface area contributed by atoms with Crippen LogP contribution in [0.1, 0.15) is 25.5 Å². The molecule has 0 aliphatic carbocycles. The van der Waals surface area contributed by atoms with Crippen LogP contribution >= 0.6 is 0 Å². The maximum absolute atomic E-state index is 14.6. The molecule has 5 nitrogen and oxygen atoms in total. The zero-order chi connectivity index (χ0) is 19.7. The van der Waals surface area contributed by atoms with Crippen LogP contribution in [0.25, 0.3) is 0 Å². The summed E-state index contributed by atoms with van der Waals surface area (Å²) in [5.41, 5.74) is 0.440. The highest BCUT2D eigenvalue weighted by Gasteiger charge is 2.45. The normalized spacial score (nSPS) is 17.0. The standard InChI is InChI=1S/C21H20FNO4/c1-12(2)19(24)17-18(15-9-4-5-10-16(15)22)23(21(26)20(17)25)13-7-6-8-14(11-13)27-3/h4-12,18,25H,1-3H3. The number of ketones is 1. The Kier molecular flexibility index (Phi) is 4.99. The summed E-state index contributed by atoms with van der Waals surface area (Å²) in [6, 6.07) is 11.5. The van der Waals surface area contributed by atoms with Crippen LogP contribution in [0.4, 0.5) is 10.1 Å². The summed E-state index contributed by atoms with van der Waals surface area (Å²) in [6.45, 7) is 3.33.